The summed E-state index contributed by atoms with van der Waals surface area (Å²) in [5.41, 5.74) is 7.17. The molecular weight excluding hydrogens is 908 g/mol. The number of benzene rings is 2. The molecular formula is C42H46Br2N6O10. The Labute approximate surface area is 363 Å². The van der Waals surface area contributed by atoms with E-state index >= 15 is 0 Å². The smallest absolute Gasteiger partial charge is 0.317 e. The molecule has 2 saturated heterocycles. The molecule has 2 aromatic carbocycles. The van der Waals surface area contributed by atoms with Crippen molar-refractivity contribution in [2.75, 3.05) is 26.3 Å². The Balaban J connectivity index is 1.16. The summed E-state index contributed by atoms with van der Waals surface area (Å²) in [7, 11) is 0. The summed E-state index contributed by atoms with van der Waals surface area (Å²) in [5.74, 6) is -0.880. The summed E-state index contributed by atoms with van der Waals surface area (Å²) in [6.07, 6.45) is 2.16. The minimum atomic E-state index is -0.988. The van der Waals surface area contributed by atoms with Crippen molar-refractivity contribution in [1.29, 1.82) is 0 Å². The van der Waals surface area contributed by atoms with Crippen molar-refractivity contribution in [3.63, 3.8) is 0 Å². The van der Waals surface area contributed by atoms with Crippen LogP contribution in [0, 0.1) is 13.8 Å². The van der Waals surface area contributed by atoms with Crippen LogP contribution in [-0.4, -0.2) is 82.3 Å². The van der Waals surface area contributed by atoms with Gasteiger partial charge in [0.05, 0.1) is 34.1 Å². The number of aliphatic carboxylic acids is 2. The first-order chi connectivity index (χ1) is 28.8. The Morgan fingerprint density at radius 2 is 1.08 bits per heavy atom. The Bertz CT molecular complexity index is 2090. The lowest BCUT2D eigenvalue weighted by atomic mass is 9.92. The highest BCUT2D eigenvalue weighted by molar-refractivity contribution is 9.10. The molecule has 2 aliphatic rings. The quantitative estimate of drug-likeness (QED) is 0.0640. The second kappa shape index (κ2) is 20.8. The molecule has 2 unspecified atom stereocenters. The van der Waals surface area contributed by atoms with Crippen LogP contribution in [-0.2, 0) is 45.5 Å². The normalized spacial score (nSPS) is 16.0. The van der Waals surface area contributed by atoms with Gasteiger partial charge >= 0.3 is 11.9 Å². The van der Waals surface area contributed by atoms with Crippen LogP contribution >= 0.6 is 31.9 Å². The minimum Gasteiger partial charge on any atom is -0.480 e. The summed E-state index contributed by atoms with van der Waals surface area (Å²) >= 11 is 7.13. The van der Waals surface area contributed by atoms with Crippen LogP contribution < -0.4 is 40.2 Å². The summed E-state index contributed by atoms with van der Waals surface area (Å²) < 4.78 is 25.8. The van der Waals surface area contributed by atoms with Gasteiger partial charge < -0.3 is 50.4 Å². The third-order valence-corrected chi connectivity index (χ3v) is 11.2. The SMILES string of the molecule is Cc1c(COc2nc(OCC3CCC(=O)N3)c(CNCC(=O)O)cc2Br)cccc1-c1cccc(COc2nc(OCC3CCC(=O)N3)c(CNCC(=O)O)cc2Br)c1C. The second-order valence-electron chi connectivity index (χ2n) is 14.5. The number of aromatic nitrogens is 2. The van der Waals surface area contributed by atoms with Gasteiger partial charge in [0, 0.05) is 37.1 Å². The van der Waals surface area contributed by atoms with Gasteiger partial charge in [-0.3, -0.25) is 19.2 Å². The van der Waals surface area contributed by atoms with Gasteiger partial charge in [-0.1, -0.05) is 36.4 Å². The average molecular weight is 955 g/mol. The van der Waals surface area contributed by atoms with Crippen molar-refractivity contribution >= 4 is 55.6 Å². The predicted molar refractivity (Wildman–Crippen MR) is 226 cm³/mol. The van der Waals surface area contributed by atoms with Gasteiger partial charge in [0.1, 0.15) is 26.4 Å². The third-order valence-electron chi connectivity index (χ3n) is 10.1. The number of hydrogen-bond donors (Lipinski definition) is 6. The number of carboxylic acids is 2. The molecule has 0 aliphatic carbocycles. The van der Waals surface area contributed by atoms with Gasteiger partial charge in [0.15, 0.2) is 0 Å². The molecule has 16 nitrogen and oxygen atoms in total. The number of ether oxygens (including phenoxy) is 4. The van der Waals surface area contributed by atoms with Gasteiger partial charge in [0.25, 0.3) is 0 Å². The molecule has 2 amide bonds. The number of rotatable bonds is 21. The molecule has 60 heavy (non-hydrogen) atoms. The molecule has 0 spiro atoms. The molecule has 0 bridgehead atoms. The number of hydrogen-bond acceptors (Lipinski definition) is 12. The summed E-state index contributed by atoms with van der Waals surface area (Å²) in [5, 5.41) is 29.7. The van der Waals surface area contributed by atoms with Gasteiger partial charge in [-0.2, -0.15) is 9.97 Å². The van der Waals surface area contributed by atoms with Crippen LogP contribution in [0.4, 0.5) is 0 Å². The molecule has 4 heterocycles. The van der Waals surface area contributed by atoms with Crippen molar-refractivity contribution in [1.82, 2.24) is 31.2 Å². The maximum atomic E-state index is 11.7. The van der Waals surface area contributed by atoms with Crippen LogP contribution in [0.15, 0.2) is 57.5 Å². The molecule has 2 aliphatic heterocycles. The van der Waals surface area contributed by atoms with Crippen LogP contribution in [0.25, 0.3) is 11.1 Å². The van der Waals surface area contributed by atoms with Crippen molar-refractivity contribution in [3.05, 3.63) is 90.9 Å². The van der Waals surface area contributed by atoms with Crippen molar-refractivity contribution in [3.8, 4) is 34.6 Å². The molecule has 0 saturated carbocycles. The number of amides is 2. The maximum absolute atomic E-state index is 11.7. The number of nitrogens with zero attached hydrogens (tertiary/aromatic N) is 2. The number of halogens is 2. The topological polar surface area (TPSA) is 220 Å². The zero-order chi connectivity index (χ0) is 42.8. The molecule has 2 fully saturated rings. The first-order valence-electron chi connectivity index (χ1n) is 19.4. The minimum absolute atomic E-state index is 0.0280. The third kappa shape index (κ3) is 11.9. The fraction of sp³-hybridized carbons (Fsp3) is 0.381. The lowest BCUT2D eigenvalue weighted by Crippen LogP contribution is -2.31. The first kappa shape index (κ1) is 44.3. The molecule has 4 aromatic rings. The lowest BCUT2D eigenvalue weighted by Gasteiger charge is -2.19. The van der Waals surface area contributed by atoms with E-state index in [4.69, 9.17) is 29.2 Å². The second-order valence-corrected chi connectivity index (χ2v) is 16.2. The largest absolute Gasteiger partial charge is 0.480 e. The van der Waals surface area contributed by atoms with E-state index < -0.39 is 11.9 Å². The molecule has 6 N–H and O–H groups in total. The van der Waals surface area contributed by atoms with Gasteiger partial charge in [-0.05, 0) is 104 Å². The fourth-order valence-corrected chi connectivity index (χ4v) is 7.78. The van der Waals surface area contributed by atoms with Crippen molar-refractivity contribution < 1.29 is 48.3 Å². The Hall–Kier alpha value is -5.30. The zero-order valence-electron chi connectivity index (χ0n) is 33.1. The van der Waals surface area contributed by atoms with Crippen LogP contribution in [0.2, 0.25) is 0 Å². The lowest BCUT2D eigenvalue weighted by molar-refractivity contribution is -0.137. The van der Waals surface area contributed by atoms with E-state index in [0.29, 0.717) is 57.5 Å². The summed E-state index contributed by atoms with van der Waals surface area (Å²) in [4.78, 5) is 55.0. The number of nitrogens with one attached hydrogen (secondary N) is 4. The highest BCUT2D eigenvalue weighted by Gasteiger charge is 2.24. The molecule has 6 rings (SSSR count). The van der Waals surface area contributed by atoms with Crippen molar-refractivity contribution in [2.45, 2.75) is 77.9 Å². The van der Waals surface area contributed by atoms with Crippen molar-refractivity contribution in [2.24, 2.45) is 0 Å². The van der Waals surface area contributed by atoms with E-state index in [1.54, 1.807) is 12.1 Å². The average Bonchev–Trinajstić information content (AvgIpc) is 3.83. The zero-order valence-corrected chi connectivity index (χ0v) is 36.2. The highest BCUT2D eigenvalue weighted by atomic mass is 79.9. The molecule has 2 aromatic heterocycles. The molecule has 18 heteroatoms. The standard InChI is InChI=1S/C42H46Br2N6O10/c1-23-25(19-57-41-33(43)13-27(15-45-17-37(53)54)39(49-41)59-21-29-9-11-35(51)47-29)5-3-7-31(23)32-8-4-6-26(24(32)2)20-58-42-34(44)14-28(16-46-18-38(55)56)40(50-42)60-22-30-10-12-36(52)48-30/h3-8,13-14,29-30,45-46H,9-12,15-22H2,1-2H3,(H,47,51)(H,48,52)(H,53,54)(H,55,56). The van der Waals surface area contributed by atoms with Crippen LogP contribution in [0.1, 0.15) is 59.1 Å². The molecule has 318 valence electrons. The summed E-state index contributed by atoms with van der Waals surface area (Å²) in [6, 6.07) is 15.3. The molecule has 0 radical (unpaired) electrons. The number of pyridine rings is 2. The number of carbonyl (C=O) groups excluding carboxylic acids is 2. The summed E-state index contributed by atoms with van der Waals surface area (Å²) in [6.45, 7) is 4.80. The fourth-order valence-electron chi connectivity index (χ4n) is 6.82. The Kier molecular flexibility index (Phi) is 15.3. The van der Waals surface area contributed by atoms with Gasteiger partial charge in [-0.15, -0.1) is 0 Å². The molecule has 2 atom stereocenters. The van der Waals surface area contributed by atoms with Gasteiger partial charge in [-0.25, -0.2) is 0 Å². The Morgan fingerprint density at radius 3 is 1.45 bits per heavy atom. The predicted octanol–water partition coefficient (Wildman–Crippen LogP) is 5.11. The van der Waals surface area contributed by atoms with E-state index in [9.17, 15) is 19.2 Å². The number of carbonyl (C=O) groups is 4. The number of carboxylic acid groups (broad SMARTS) is 2. The first-order valence-corrected chi connectivity index (χ1v) is 20.9. The monoisotopic (exact) mass is 952 g/mol. The van der Waals surface area contributed by atoms with Gasteiger partial charge in [0.2, 0.25) is 35.3 Å². The van der Waals surface area contributed by atoms with Crippen LogP contribution in [0.3, 0.4) is 0 Å². The maximum Gasteiger partial charge on any atom is 0.317 e. The Morgan fingerprint density at radius 1 is 0.667 bits per heavy atom. The van der Waals surface area contributed by atoms with E-state index in [0.717, 1.165) is 33.4 Å². The highest BCUT2D eigenvalue weighted by Crippen LogP contribution is 2.35. The van der Waals surface area contributed by atoms with Crippen LogP contribution in [0.5, 0.6) is 23.5 Å². The van der Waals surface area contributed by atoms with E-state index in [-0.39, 0.29) is 88.3 Å². The van der Waals surface area contributed by atoms with E-state index in [1.807, 2.05) is 38.1 Å². The van der Waals surface area contributed by atoms with E-state index in [1.165, 1.54) is 0 Å². The van der Waals surface area contributed by atoms with E-state index in [2.05, 4.69) is 75.2 Å².